The lowest BCUT2D eigenvalue weighted by atomic mass is 10.1. The molecule has 0 bridgehead atoms. The molecule has 3 rings (SSSR count). The van der Waals surface area contributed by atoms with E-state index in [-0.39, 0.29) is 32.1 Å². The van der Waals surface area contributed by atoms with Crippen LogP contribution in [0.15, 0.2) is 47.4 Å². The molecule has 1 heterocycles. The van der Waals surface area contributed by atoms with Crippen molar-refractivity contribution in [3.8, 4) is 0 Å². The van der Waals surface area contributed by atoms with Crippen LogP contribution in [0, 0.1) is 5.92 Å². The largest absolute Gasteiger partial charge is 0.382 e. The summed E-state index contributed by atoms with van der Waals surface area (Å²) in [5.74, 6) is 0.946. The molecule has 164 valence electrons. The number of thiazole rings is 1. The van der Waals surface area contributed by atoms with Crippen LogP contribution in [0.3, 0.4) is 0 Å². The molecule has 5 nitrogen and oxygen atoms in total. The number of nitrogen functional groups attached to an aromatic ring is 1. The lowest BCUT2D eigenvalue weighted by Gasteiger charge is -2.07. The van der Waals surface area contributed by atoms with E-state index in [2.05, 4.69) is 24.1 Å². The highest BCUT2D eigenvalue weighted by Crippen LogP contribution is 2.34. The first-order valence-corrected chi connectivity index (χ1v) is 12.7. The Hall–Kier alpha value is -1.93. The second-order valence-corrected chi connectivity index (χ2v) is 10.8. The topological polar surface area (TPSA) is 85.1 Å². The number of hydrogen-bond donors (Lipinski definition) is 2. The fourth-order valence-electron chi connectivity index (χ4n) is 2.96. The van der Waals surface area contributed by atoms with Crippen molar-refractivity contribution in [3.05, 3.63) is 63.0 Å². The fraction of sp³-hybridized carbons (Fsp3) is 0.273. The van der Waals surface area contributed by atoms with Gasteiger partial charge in [-0.25, -0.2) is 4.98 Å². The molecule has 1 aromatic heterocycles. The fourth-order valence-corrected chi connectivity index (χ4v) is 5.53. The van der Waals surface area contributed by atoms with Crippen molar-refractivity contribution < 1.29 is 9.00 Å². The number of rotatable bonds is 9. The first-order valence-electron chi connectivity index (χ1n) is 9.76. The third kappa shape index (κ3) is 6.07. The summed E-state index contributed by atoms with van der Waals surface area (Å²) in [6.45, 7) is 4.32. The molecule has 0 aliphatic heterocycles. The maximum absolute atomic E-state index is 12.9. The van der Waals surface area contributed by atoms with Crippen LogP contribution in [0.2, 0.25) is 10.0 Å². The van der Waals surface area contributed by atoms with E-state index in [0.29, 0.717) is 16.8 Å². The minimum atomic E-state index is -1.07. The molecule has 31 heavy (non-hydrogen) atoms. The number of nitrogens with one attached hydrogen (secondary N) is 1. The number of carbonyl (C=O) groups excluding carboxylic acids is 1. The summed E-state index contributed by atoms with van der Waals surface area (Å²) < 4.78 is 12.6. The maximum atomic E-state index is 12.9. The van der Waals surface area contributed by atoms with Crippen LogP contribution in [0.25, 0.3) is 0 Å². The average molecular weight is 496 g/mol. The molecule has 3 N–H and O–H groups in total. The van der Waals surface area contributed by atoms with Gasteiger partial charge in [-0.3, -0.25) is 9.00 Å². The Labute approximate surface area is 198 Å². The number of ketones is 1. The molecule has 1 unspecified atom stereocenters. The van der Waals surface area contributed by atoms with Crippen LogP contribution in [-0.4, -0.2) is 20.7 Å². The number of hydrogen-bond acceptors (Lipinski definition) is 6. The Morgan fingerprint density at radius 1 is 1.19 bits per heavy atom. The molecule has 0 amide bonds. The van der Waals surface area contributed by atoms with Crippen molar-refractivity contribution in [2.24, 2.45) is 5.92 Å². The second kappa shape index (κ2) is 10.6. The van der Waals surface area contributed by atoms with Gasteiger partial charge in [0.2, 0.25) is 5.78 Å². The monoisotopic (exact) mass is 495 g/mol. The highest BCUT2D eigenvalue weighted by atomic mass is 35.5. The molecule has 0 radical (unpaired) electrons. The van der Waals surface area contributed by atoms with E-state index in [1.165, 1.54) is 0 Å². The lowest BCUT2D eigenvalue weighted by molar-refractivity contribution is 0.104. The van der Waals surface area contributed by atoms with Gasteiger partial charge in [0.15, 0.2) is 5.13 Å². The van der Waals surface area contributed by atoms with E-state index < -0.39 is 10.8 Å². The van der Waals surface area contributed by atoms with E-state index in [1.54, 1.807) is 18.2 Å². The molecule has 2 aromatic carbocycles. The number of aromatic nitrogens is 1. The molecular weight excluding hydrogens is 473 g/mol. The molecular formula is C22H23Cl2N3O2S2. The van der Waals surface area contributed by atoms with Crippen molar-refractivity contribution in [1.29, 1.82) is 0 Å². The molecule has 9 heteroatoms. The number of nitrogens with zero attached hydrogens (tertiary/aromatic N) is 1. The van der Waals surface area contributed by atoms with Gasteiger partial charge in [-0.2, -0.15) is 0 Å². The predicted molar refractivity (Wildman–Crippen MR) is 131 cm³/mol. The predicted octanol–water partition coefficient (Wildman–Crippen LogP) is 6.55. The Balaban J connectivity index is 1.76. The summed E-state index contributed by atoms with van der Waals surface area (Å²) in [6, 6.07) is 12.2. The number of benzene rings is 2. The smallest absolute Gasteiger partial charge is 0.209 e. The van der Waals surface area contributed by atoms with Crippen molar-refractivity contribution in [1.82, 2.24) is 4.98 Å². The van der Waals surface area contributed by atoms with E-state index in [1.807, 2.05) is 24.3 Å². The van der Waals surface area contributed by atoms with Gasteiger partial charge in [-0.1, -0.05) is 66.9 Å². The molecule has 0 aliphatic carbocycles. The molecule has 0 spiro atoms. The normalized spacial score (nSPS) is 12.2. The average Bonchev–Trinajstić information content (AvgIpc) is 3.07. The SMILES string of the molecule is CC(C)CCCS(=O)c1cccc(Nc2nc(N)c(C(=O)c3c(Cl)cccc3Cl)s2)c1. The van der Waals surface area contributed by atoms with Crippen LogP contribution in [0.1, 0.15) is 41.9 Å². The zero-order valence-corrected chi connectivity index (χ0v) is 20.3. The van der Waals surface area contributed by atoms with Gasteiger partial charge in [0.1, 0.15) is 10.7 Å². The lowest BCUT2D eigenvalue weighted by Crippen LogP contribution is -2.04. The molecule has 0 saturated heterocycles. The minimum Gasteiger partial charge on any atom is -0.382 e. The zero-order valence-electron chi connectivity index (χ0n) is 17.2. The zero-order chi connectivity index (χ0) is 22.5. The van der Waals surface area contributed by atoms with Crippen molar-refractivity contribution in [2.75, 3.05) is 16.8 Å². The molecule has 0 aliphatic rings. The molecule has 3 aromatic rings. The van der Waals surface area contributed by atoms with Crippen LogP contribution in [0.5, 0.6) is 0 Å². The third-order valence-electron chi connectivity index (χ3n) is 4.51. The summed E-state index contributed by atoms with van der Waals surface area (Å²) in [6.07, 6.45) is 1.97. The molecule has 1 atom stereocenters. The standard InChI is InChI=1S/C22H23Cl2N3O2S2/c1-13(2)6-5-11-31(29)15-8-3-7-14(12-15)26-22-27-21(25)20(30-22)19(28)18-16(23)9-4-10-17(18)24/h3-4,7-10,12-13H,5-6,11,25H2,1-2H3,(H,26,27). The van der Waals surface area contributed by atoms with Crippen molar-refractivity contribution in [2.45, 2.75) is 31.6 Å². The first-order chi connectivity index (χ1) is 14.8. The van der Waals surface area contributed by atoms with Gasteiger partial charge in [0.05, 0.1) is 26.4 Å². The van der Waals surface area contributed by atoms with Crippen LogP contribution in [0.4, 0.5) is 16.6 Å². The van der Waals surface area contributed by atoms with E-state index in [4.69, 9.17) is 28.9 Å². The van der Waals surface area contributed by atoms with E-state index >= 15 is 0 Å². The molecule has 0 saturated carbocycles. The Bertz CT molecular complexity index is 1100. The van der Waals surface area contributed by atoms with Crippen LogP contribution >= 0.6 is 34.5 Å². The summed E-state index contributed by atoms with van der Waals surface area (Å²) >= 11 is 13.4. The van der Waals surface area contributed by atoms with Crippen molar-refractivity contribution in [3.63, 3.8) is 0 Å². The summed E-state index contributed by atoms with van der Waals surface area (Å²) in [5, 5.41) is 4.11. The second-order valence-electron chi connectivity index (χ2n) is 7.40. The van der Waals surface area contributed by atoms with Crippen LogP contribution in [-0.2, 0) is 10.8 Å². The number of nitrogens with two attached hydrogens (primary N) is 1. The Kier molecular flexibility index (Phi) is 8.11. The van der Waals surface area contributed by atoms with Gasteiger partial charge in [-0.15, -0.1) is 0 Å². The minimum absolute atomic E-state index is 0.0990. The first kappa shape index (κ1) is 23.7. The van der Waals surface area contributed by atoms with Gasteiger partial charge in [0, 0.05) is 16.3 Å². The Morgan fingerprint density at radius 3 is 2.55 bits per heavy atom. The number of carbonyl (C=O) groups is 1. The van der Waals surface area contributed by atoms with E-state index in [0.717, 1.165) is 34.8 Å². The van der Waals surface area contributed by atoms with Gasteiger partial charge in [0.25, 0.3) is 0 Å². The van der Waals surface area contributed by atoms with Gasteiger partial charge in [-0.05, 0) is 42.7 Å². The summed E-state index contributed by atoms with van der Waals surface area (Å²) in [4.78, 5) is 18.2. The highest BCUT2D eigenvalue weighted by Gasteiger charge is 2.22. The maximum Gasteiger partial charge on any atom is 0.209 e. The Morgan fingerprint density at radius 2 is 1.87 bits per heavy atom. The summed E-state index contributed by atoms with van der Waals surface area (Å²) in [5.41, 5.74) is 6.92. The van der Waals surface area contributed by atoms with E-state index in [9.17, 15) is 9.00 Å². The number of anilines is 3. The highest BCUT2D eigenvalue weighted by molar-refractivity contribution is 7.85. The van der Waals surface area contributed by atoms with Gasteiger partial charge >= 0.3 is 0 Å². The van der Waals surface area contributed by atoms with Crippen molar-refractivity contribution >= 4 is 67.8 Å². The number of halogens is 2. The quantitative estimate of drug-likeness (QED) is 0.328. The molecule has 0 fully saturated rings. The van der Waals surface area contributed by atoms with Crippen LogP contribution < -0.4 is 11.1 Å². The summed E-state index contributed by atoms with van der Waals surface area (Å²) in [7, 11) is -1.07. The third-order valence-corrected chi connectivity index (χ3v) is 7.56. The van der Waals surface area contributed by atoms with Gasteiger partial charge < -0.3 is 11.1 Å².